The normalized spacial score (nSPS) is 22.9. The van der Waals surface area contributed by atoms with Crippen molar-refractivity contribution in [1.29, 1.82) is 0 Å². The van der Waals surface area contributed by atoms with Gasteiger partial charge >= 0.3 is 0 Å². The lowest BCUT2D eigenvalue weighted by molar-refractivity contribution is -0.137. The quantitative estimate of drug-likeness (QED) is 0.805. The molecule has 2 fully saturated rings. The summed E-state index contributed by atoms with van der Waals surface area (Å²) in [6, 6.07) is 6.62. The van der Waals surface area contributed by atoms with Crippen LogP contribution in [0.5, 0.6) is 0 Å². The lowest BCUT2D eigenvalue weighted by atomic mass is 9.78. The average molecular weight is 356 g/mol. The number of carbonyl (C=O) groups is 1. The highest BCUT2D eigenvalue weighted by molar-refractivity contribution is 5.77. The topological polar surface area (TPSA) is 46.3 Å². The Labute approximate surface area is 153 Å². The van der Waals surface area contributed by atoms with E-state index in [0.717, 1.165) is 30.5 Å². The molecule has 2 heterocycles. The van der Waals surface area contributed by atoms with Crippen molar-refractivity contribution in [2.75, 3.05) is 6.54 Å². The lowest BCUT2D eigenvalue weighted by Gasteiger charge is -2.44. The number of hydrogen-bond donors (Lipinski definition) is 0. The van der Waals surface area contributed by atoms with Crippen molar-refractivity contribution >= 4 is 5.91 Å². The Bertz CT molecular complexity index is 754. The minimum Gasteiger partial charge on any atom is -0.356 e. The molecule has 5 heteroatoms. The van der Waals surface area contributed by atoms with Crippen LogP contribution in [-0.4, -0.2) is 28.6 Å². The molecule has 26 heavy (non-hydrogen) atoms. The molecule has 1 aliphatic carbocycles. The van der Waals surface area contributed by atoms with Crippen LogP contribution in [0.15, 0.2) is 35.0 Å². The molecule has 1 saturated carbocycles. The number of hydrogen-bond acceptors (Lipinski definition) is 3. The van der Waals surface area contributed by atoms with Gasteiger partial charge < -0.3 is 9.42 Å². The van der Waals surface area contributed by atoms with Crippen molar-refractivity contribution in [2.24, 2.45) is 5.92 Å². The number of amides is 1. The van der Waals surface area contributed by atoms with Crippen molar-refractivity contribution < 1.29 is 13.7 Å². The molecule has 2 unspecified atom stereocenters. The summed E-state index contributed by atoms with van der Waals surface area (Å²) in [6.45, 7) is 0.897. The number of aromatic nitrogens is 1. The summed E-state index contributed by atoms with van der Waals surface area (Å²) >= 11 is 0. The summed E-state index contributed by atoms with van der Waals surface area (Å²) in [6.07, 6.45) is 10.1. The van der Waals surface area contributed by atoms with Crippen LogP contribution in [0.3, 0.4) is 0 Å². The number of piperidine rings is 1. The van der Waals surface area contributed by atoms with E-state index >= 15 is 0 Å². The van der Waals surface area contributed by atoms with Crippen molar-refractivity contribution in [1.82, 2.24) is 10.1 Å². The molecule has 1 saturated heterocycles. The number of carbonyl (C=O) groups excluding carboxylic acids is 1. The van der Waals surface area contributed by atoms with E-state index in [2.05, 4.69) is 10.1 Å². The molecule has 2 aliphatic rings. The van der Waals surface area contributed by atoms with Crippen LogP contribution in [0.1, 0.15) is 50.5 Å². The van der Waals surface area contributed by atoms with E-state index in [-0.39, 0.29) is 11.7 Å². The van der Waals surface area contributed by atoms with Gasteiger partial charge in [0.15, 0.2) is 5.76 Å². The maximum Gasteiger partial charge on any atom is 0.223 e. The molecule has 1 amide bonds. The Hall–Kier alpha value is -2.17. The highest BCUT2D eigenvalue weighted by Crippen LogP contribution is 2.35. The minimum absolute atomic E-state index is 0.243. The third kappa shape index (κ3) is 3.53. The largest absolute Gasteiger partial charge is 0.356 e. The first-order chi connectivity index (χ1) is 12.7. The van der Waals surface area contributed by atoms with Gasteiger partial charge in [0.25, 0.3) is 0 Å². The van der Waals surface area contributed by atoms with E-state index in [1.807, 2.05) is 0 Å². The summed E-state index contributed by atoms with van der Waals surface area (Å²) in [4.78, 5) is 15.0. The van der Waals surface area contributed by atoms with Gasteiger partial charge in [-0.2, -0.15) is 0 Å². The van der Waals surface area contributed by atoms with Gasteiger partial charge in [-0.05, 0) is 62.3 Å². The van der Waals surface area contributed by atoms with Crippen molar-refractivity contribution in [3.05, 3.63) is 41.8 Å². The van der Waals surface area contributed by atoms with Crippen LogP contribution >= 0.6 is 0 Å². The van der Waals surface area contributed by atoms with Crippen LogP contribution in [0.25, 0.3) is 11.3 Å². The minimum atomic E-state index is -0.280. The van der Waals surface area contributed by atoms with Gasteiger partial charge in [-0.25, -0.2) is 4.39 Å². The number of halogens is 1. The van der Waals surface area contributed by atoms with Gasteiger partial charge in [-0.1, -0.05) is 18.0 Å². The van der Waals surface area contributed by atoms with Gasteiger partial charge in [-0.15, -0.1) is 0 Å². The molecule has 1 aromatic heterocycles. The molecule has 1 aromatic carbocycles. The fourth-order valence-electron chi connectivity index (χ4n) is 4.60. The van der Waals surface area contributed by atoms with E-state index in [9.17, 15) is 9.18 Å². The average Bonchev–Trinajstić information content (AvgIpc) is 3.15. The summed E-state index contributed by atoms with van der Waals surface area (Å²) in [5, 5.41) is 3.88. The van der Waals surface area contributed by atoms with Gasteiger partial charge in [0.2, 0.25) is 5.91 Å². The monoisotopic (exact) mass is 356 g/mol. The fourth-order valence-corrected chi connectivity index (χ4v) is 4.60. The molecule has 0 radical (unpaired) electrons. The fraction of sp³-hybridized carbons (Fsp3) is 0.524. The van der Waals surface area contributed by atoms with E-state index in [1.165, 1.54) is 37.8 Å². The second-order valence-electron chi connectivity index (χ2n) is 7.53. The van der Waals surface area contributed by atoms with Crippen molar-refractivity contribution in [3.8, 4) is 11.3 Å². The summed E-state index contributed by atoms with van der Waals surface area (Å²) in [5.41, 5.74) is 1.69. The zero-order valence-electron chi connectivity index (χ0n) is 15.0. The molecular formula is C21H25FN2O2. The lowest BCUT2D eigenvalue weighted by Crippen LogP contribution is -2.49. The summed E-state index contributed by atoms with van der Waals surface area (Å²) in [5.74, 6) is 1.30. The molecule has 0 N–H and O–H groups in total. The highest BCUT2D eigenvalue weighted by atomic mass is 19.1. The molecule has 1 aliphatic heterocycles. The molecule has 4 rings (SSSR count). The zero-order chi connectivity index (χ0) is 17.9. The molecule has 2 aromatic rings. The van der Waals surface area contributed by atoms with Gasteiger partial charge in [-0.3, -0.25) is 4.79 Å². The van der Waals surface area contributed by atoms with Crippen LogP contribution < -0.4 is 0 Å². The third-order valence-corrected chi connectivity index (χ3v) is 5.92. The van der Waals surface area contributed by atoms with Gasteiger partial charge in [0.05, 0.1) is 6.20 Å². The SMILES string of the molecule is O=C(CCc1cnoc1-c1ccc(F)cc1)N1CCCC2CCCCC21. The number of benzene rings is 1. The zero-order valence-corrected chi connectivity index (χ0v) is 15.0. The third-order valence-electron chi connectivity index (χ3n) is 5.92. The Morgan fingerprint density at radius 2 is 1.92 bits per heavy atom. The van der Waals surface area contributed by atoms with Crippen molar-refractivity contribution in [3.63, 3.8) is 0 Å². The predicted octanol–water partition coefficient (Wildman–Crippen LogP) is 4.59. The van der Waals surface area contributed by atoms with Crippen LogP contribution in [0.2, 0.25) is 0 Å². The first-order valence-corrected chi connectivity index (χ1v) is 9.71. The van der Waals surface area contributed by atoms with E-state index < -0.39 is 0 Å². The predicted molar refractivity (Wildman–Crippen MR) is 96.9 cm³/mol. The molecule has 0 spiro atoms. The van der Waals surface area contributed by atoms with E-state index in [4.69, 9.17) is 4.52 Å². The number of aryl methyl sites for hydroxylation is 1. The summed E-state index contributed by atoms with van der Waals surface area (Å²) in [7, 11) is 0. The molecule has 138 valence electrons. The van der Waals surface area contributed by atoms with E-state index in [0.29, 0.717) is 30.6 Å². The Kier molecular flexibility index (Phi) is 5.05. The molecule has 2 atom stereocenters. The number of fused-ring (bicyclic) bond motifs is 1. The maximum atomic E-state index is 13.1. The van der Waals surface area contributed by atoms with Crippen LogP contribution in [-0.2, 0) is 11.2 Å². The first-order valence-electron chi connectivity index (χ1n) is 9.71. The molecular weight excluding hydrogens is 331 g/mol. The Morgan fingerprint density at radius 3 is 2.77 bits per heavy atom. The maximum absolute atomic E-state index is 13.1. The standard InChI is InChI=1S/C21H25FN2O2/c22-18-10-7-16(8-11-18)21-17(14-23-26-21)9-12-20(25)24-13-3-5-15-4-1-2-6-19(15)24/h7-8,10-11,14-15,19H,1-6,9,12-13H2. The number of rotatable bonds is 4. The van der Waals surface area contributed by atoms with Crippen LogP contribution in [0, 0.1) is 11.7 Å². The van der Waals surface area contributed by atoms with E-state index in [1.54, 1.807) is 18.3 Å². The second-order valence-corrected chi connectivity index (χ2v) is 7.53. The Morgan fingerprint density at radius 1 is 1.15 bits per heavy atom. The Balaban J connectivity index is 1.42. The number of nitrogens with zero attached hydrogens (tertiary/aromatic N) is 2. The van der Waals surface area contributed by atoms with Gasteiger partial charge in [0, 0.05) is 30.1 Å². The smallest absolute Gasteiger partial charge is 0.223 e. The van der Waals surface area contributed by atoms with Crippen molar-refractivity contribution in [2.45, 2.75) is 57.4 Å². The second kappa shape index (κ2) is 7.60. The van der Waals surface area contributed by atoms with Crippen LogP contribution in [0.4, 0.5) is 4.39 Å². The highest BCUT2D eigenvalue weighted by Gasteiger charge is 2.35. The number of likely N-dealkylation sites (tertiary alicyclic amines) is 1. The molecule has 4 nitrogen and oxygen atoms in total. The summed E-state index contributed by atoms with van der Waals surface area (Å²) < 4.78 is 18.5. The van der Waals surface area contributed by atoms with Gasteiger partial charge in [0.1, 0.15) is 5.82 Å². The first kappa shape index (κ1) is 17.3. The molecule has 0 bridgehead atoms.